The zero-order chi connectivity index (χ0) is 17.0. The van der Waals surface area contributed by atoms with Crippen LogP contribution in [0.3, 0.4) is 0 Å². The van der Waals surface area contributed by atoms with Crippen LogP contribution in [0.4, 0.5) is 0 Å². The van der Waals surface area contributed by atoms with Gasteiger partial charge in [-0.05, 0) is 52.7 Å². The van der Waals surface area contributed by atoms with Gasteiger partial charge in [0.25, 0.3) is 0 Å². The van der Waals surface area contributed by atoms with Crippen LogP contribution < -0.4 is 0 Å². The van der Waals surface area contributed by atoms with Crippen LogP contribution in [0.25, 0.3) is 0 Å². The summed E-state index contributed by atoms with van der Waals surface area (Å²) >= 11 is 0. The van der Waals surface area contributed by atoms with Gasteiger partial charge in [0.05, 0.1) is 0 Å². The highest BCUT2D eigenvalue weighted by atomic mass is 16.2. The van der Waals surface area contributed by atoms with E-state index >= 15 is 0 Å². The quantitative estimate of drug-likeness (QED) is 0.787. The fraction of sp³-hybridized carbons (Fsp3) is 0.889. The van der Waals surface area contributed by atoms with Gasteiger partial charge in [0.1, 0.15) is 5.78 Å². The van der Waals surface area contributed by atoms with Gasteiger partial charge in [-0.25, -0.2) is 0 Å². The van der Waals surface area contributed by atoms with Gasteiger partial charge in [0.2, 0.25) is 5.91 Å². The second kappa shape index (κ2) is 7.58. The van der Waals surface area contributed by atoms with Gasteiger partial charge in [-0.15, -0.1) is 0 Å². The number of carbonyl (C=O) groups excluding carboxylic acids is 2. The zero-order valence-corrected chi connectivity index (χ0v) is 15.4. The first-order valence-corrected chi connectivity index (χ1v) is 8.76. The maximum absolute atomic E-state index is 12.8. The molecule has 0 aromatic carbocycles. The summed E-state index contributed by atoms with van der Waals surface area (Å²) in [5, 5.41) is 0. The third-order valence-electron chi connectivity index (χ3n) is 5.61. The highest BCUT2D eigenvalue weighted by Crippen LogP contribution is 2.37. The molecule has 2 aliphatic heterocycles. The van der Waals surface area contributed by atoms with Crippen molar-refractivity contribution in [3.05, 3.63) is 0 Å². The van der Waals surface area contributed by atoms with Crippen molar-refractivity contribution in [1.29, 1.82) is 0 Å². The molecule has 1 amide bonds. The van der Waals surface area contributed by atoms with E-state index in [0.717, 1.165) is 51.9 Å². The molecule has 2 fully saturated rings. The Labute approximate surface area is 136 Å². The molecule has 0 spiro atoms. The third-order valence-corrected chi connectivity index (χ3v) is 5.61. The van der Waals surface area contributed by atoms with E-state index in [4.69, 9.17) is 0 Å². The van der Waals surface area contributed by atoms with Gasteiger partial charge in [0, 0.05) is 23.9 Å². The number of likely N-dealkylation sites (tertiary alicyclic amines) is 2. The second-order valence-corrected chi connectivity index (χ2v) is 7.27. The molecule has 4 heteroatoms. The van der Waals surface area contributed by atoms with Gasteiger partial charge < -0.3 is 9.80 Å². The first-order valence-electron chi connectivity index (χ1n) is 8.76. The van der Waals surface area contributed by atoms with Crippen LogP contribution in [0.1, 0.15) is 60.3 Å². The minimum Gasteiger partial charge on any atom is -0.342 e. The predicted octanol–water partition coefficient (Wildman–Crippen LogP) is 2.96. The van der Waals surface area contributed by atoms with Gasteiger partial charge in [0.15, 0.2) is 0 Å². The average Bonchev–Trinajstić information content (AvgIpc) is 2.52. The van der Waals surface area contributed by atoms with Crippen molar-refractivity contribution in [3.8, 4) is 0 Å². The molecule has 0 atom stereocenters. The maximum atomic E-state index is 12.8. The number of Topliss-reactive ketones (excluding diaryl/α,β-unsaturated/α-hetero) is 1. The van der Waals surface area contributed by atoms with Gasteiger partial charge >= 0.3 is 0 Å². The molecule has 0 radical (unpaired) electrons. The Morgan fingerprint density at radius 2 is 1.23 bits per heavy atom. The predicted molar refractivity (Wildman–Crippen MR) is 90.8 cm³/mol. The number of carbonyl (C=O) groups is 2. The smallest absolute Gasteiger partial charge is 0.228 e. The minimum absolute atomic E-state index is 0.198. The SMILES string of the molecule is CC.CC(=O)C1(C)CCN(C(=O)C2(C)CCN(C)CC2)CC1. The lowest BCUT2D eigenvalue weighted by Gasteiger charge is -2.44. The Morgan fingerprint density at radius 1 is 0.818 bits per heavy atom. The molecule has 0 aliphatic carbocycles. The summed E-state index contributed by atoms with van der Waals surface area (Å²) in [6.45, 7) is 13.3. The molecule has 2 rings (SSSR count). The van der Waals surface area contributed by atoms with E-state index in [2.05, 4.69) is 18.9 Å². The van der Waals surface area contributed by atoms with Crippen LogP contribution in [0.15, 0.2) is 0 Å². The molecule has 0 aromatic heterocycles. The standard InChI is InChI=1S/C16H28N2O2.C2H6/c1-13(19)15(2)7-11-18(12-8-15)14(20)16(3)5-9-17(4)10-6-16;1-2/h5-12H2,1-4H3;1-2H3. The van der Waals surface area contributed by atoms with Crippen molar-refractivity contribution in [3.63, 3.8) is 0 Å². The summed E-state index contributed by atoms with van der Waals surface area (Å²) < 4.78 is 0. The Morgan fingerprint density at radius 3 is 1.64 bits per heavy atom. The largest absolute Gasteiger partial charge is 0.342 e. The van der Waals surface area contributed by atoms with Crippen molar-refractivity contribution in [1.82, 2.24) is 9.80 Å². The zero-order valence-electron chi connectivity index (χ0n) is 15.4. The minimum atomic E-state index is -0.218. The first-order chi connectivity index (χ1) is 10.3. The van der Waals surface area contributed by atoms with E-state index in [9.17, 15) is 9.59 Å². The molecule has 0 bridgehead atoms. The van der Waals surface area contributed by atoms with E-state index in [-0.39, 0.29) is 16.6 Å². The van der Waals surface area contributed by atoms with Crippen molar-refractivity contribution >= 4 is 11.7 Å². The number of hydrogen-bond donors (Lipinski definition) is 0. The Hall–Kier alpha value is -0.900. The lowest BCUT2D eigenvalue weighted by atomic mass is 9.75. The molecule has 4 nitrogen and oxygen atoms in total. The van der Waals surface area contributed by atoms with Crippen LogP contribution >= 0.6 is 0 Å². The molecular formula is C18H34N2O2. The van der Waals surface area contributed by atoms with Crippen LogP contribution in [-0.2, 0) is 9.59 Å². The fourth-order valence-corrected chi connectivity index (χ4v) is 3.26. The van der Waals surface area contributed by atoms with Crippen LogP contribution in [0.2, 0.25) is 0 Å². The Bertz CT molecular complexity index is 390. The lowest BCUT2D eigenvalue weighted by molar-refractivity contribution is -0.148. The van der Waals surface area contributed by atoms with Gasteiger partial charge in [-0.1, -0.05) is 27.7 Å². The number of rotatable bonds is 2. The van der Waals surface area contributed by atoms with E-state index in [1.807, 2.05) is 25.7 Å². The Balaban J connectivity index is 0.00000116. The summed E-state index contributed by atoms with van der Waals surface area (Å²) in [6, 6.07) is 0. The van der Waals surface area contributed by atoms with Crippen molar-refractivity contribution < 1.29 is 9.59 Å². The second-order valence-electron chi connectivity index (χ2n) is 7.27. The summed E-state index contributed by atoms with van der Waals surface area (Å²) in [7, 11) is 2.11. The fourth-order valence-electron chi connectivity index (χ4n) is 3.26. The highest BCUT2D eigenvalue weighted by Gasteiger charge is 2.42. The average molecular weight is 310 g/mol. The van der Waals surface area contributed by atoms with E-state index < -0.39 is 0 Å². The number of hydrogen-bond acceptors (Lipinski definition) is 3. The summed E-state index contributed by atoms with van der Waals surface area (Å²) in [6.07, 6.45) is 3.51. The van der Waals surface area contributed by atoms with Gasteiger partial charge in [-0.3, -0.25) is 9.59 Å². The van der Waals surface area contributed by atoms with Crippen molar-refractivity contribution in [2.45, 2.75) is 60.3 Å². The summed E-state index contributed by atoms with van der Waals surface area (Å²) in [4.78, 5) is 28.8. The van der Waals surface area contributed by atoms with Crippen LogP contribution in [-0.4, -0.2) is 54.7 Å². The number of amides is 1. The number of nitrogens with zero attached hydrogens (tertiary/aromatic N) is 2. The van der Waals surface area contributed by atoms with Crippen molar-refractivity contribution in [2.75, 3.05) is 33.2 Å². The van der Waals surface area contributed by atoms with Crippen LogP contribution in [0.5, 0.6) is 0 Å². The van der Waals surface area contributed by atoms with Gasteiger partial charge in [-0.2, -0.15) is 0 Å². The monoisotopic (exact) mass is 310 g/mol. The molecule has 22 heavy (non-hydrogen) atoms. The highest BCUT2D eigenvalue weighted by molar-refractivity contribution is 5.84. The van der Waals surface area contributed by atoms with E-state index in [1.165, 1.54) is 0 Å². The number of ketones is 1. The first kappa shape index (κ1) is 19.1. The molecule has 0 saturated carbocycles. The number of piperidine rings is 2. The molecule has 2 heterocycles. The molecular weight excluding hydrogens is 276 g/mol. The topological polar surface area (TPSA) is 40.6 Å². The summed E-state index contributed by atoms with van der Waals surface area (Å²) in [5.41, 5.74) is -0.416. The molecule has 2 aliphatic rings. The molecule has 0 unspecified atom stereocenters. The molecule has 0 aromatic rings. The third kappa shape index (κ3) is 4.09. The molecule has 128 valence electrons. The van der Waals surface area contributed by atoms with E-state index in [0.29, 0.717) is 5.91 Å². The maximum Gasteiger partial charge on any atom is 0.228 e. The van der Waals surface area contributed by atoms with Crippen LogP contribution in [0, 0.1) is 10.8 Å². The summed E-state index contributed by atoms with van der Waals surface area (Å²) in [5.74, 6) is 0.561. The Kier molecular flexibility index (Phi) is 6.60. The lowest BCUT2D eigenvalue weighted by Crippen LogP contribution is -2.52. The van der Waals surface area contributed by atoms with E-state index in [1.54, 1.807) is 6.92 Å². The molecule has 0 N–H and O–H groups in total. The van der Waals surface area contributed by atoms with Crippen molar-refractivity contribution in [2.24, 2.45) is 10.8 Å². The molecule has 2 saturated heterocycles. The normalized spacial score (nSPS) is 24.2.